The van der Waals surface area contributed by atoms with Crippen molar-refractivity contribution >= 4 is 34.5 Å². The van der Waals surface area contributed by atoms with Crippen molar-refractivity contribution in [1.29, 1.82) is 0 Å². The van der Waals surface area contributed by atoms with Crippen LogP contribution in [0.1, 0.15) is 13.3 Å². The molecule has 0 radical (unpaired) electrons. The normalized spacial score (nSPS) is 9.57. The van der Waals surface area contributed by atoms with Gasteiger partial charge in [-0.25, -0.2) is 9.78 Å². The summed E-state index contributed by atoms with van der Waals surface area (Å²) in [6.45, 7) is 2.37. The van der Waals surface area contributed by atoms with Crippen LogP contribution in [0, 0.1) is 3.57 Å². The van der Waals surface area contributed by atoms with Crippen molar-refractivity contribution in [2.45, 2.75) is 13.3 Å². The summed E-state index contributed by atoms with van der Waals surface area (Å²) in [6, 6.07) is 3.60. The number of nitrogens with zero attached hydrogens (tertiary/aromatic N) is 1. The number of hydrogen-bond donors (Lipinski definition) is 1. The van der Waals surface area contributed by atoms with Crippen LogP contribution in [0.2, 0.25) is 0 Å². The minimum atomic E-state index is -0.458. The molecule has 1 aromatic rings. The lowest BCUT2D eigenvalue weighted by Gasteiger charge is -2.04. The van der Waals surface area contributed by atoms with Gasteiger partial charge in [-0.15, -0.1) is 0 Å². The molecular formula is C9H11IN2O2. The molecule has 0 aliphatic heterocycles. The summed E-state index contributed by atoms with van der Waals surface area (Å²) in [6.07, 6.45) is 2.03. The Labute approximate surface area is 96.2 Å². The van der Waals surface area contributed by atoms with Crippen molar-refractivity contribution in [2.75, 3.05) is 11.9 Å². The fourth-order valence-electron chi connectivity index (χ4n) is 0.785. The Kier molecular flexibility index (Phi) is 4.64. The molecule has 1 aromatic heterocycles. The lowest BCUT2D eigenvalue weighted by molar-refractivity contribution is 0.161. The van der Waals surface area contributed by atoms with Gasteiger partial charge >= 0.3 is 6.09 Å². The molecule has 0 aromatic carbocycles. The number of ether oxygens (including phenoxy) is 1. The molecule has 76 valence electrons. The monoisotopic (exact) mass is 306 g/mol. The van der Waals surface area contributed by atoms with Crippen molar-refractivity contribution in [1.82, 2.24) is 4.98 Å². The van der Waals surface area contributed by atoms with Gasteiger partial charge in [-0.2, -0.15) is 0 Å². The molecular weight excluding hydrogens is 295 g/mol. The minimum absolute atomic E-state index is 0.427. The van der Waals surface area contributed by atoms with E-state index < -0.39 is 6.09 Å². The molecule has 0 fully saturated rings. The van der Waals surface area contributed by atoms with Gasteiger partial charge in [0.2, 0.25) is 0 Å². The van der Waals surface area contributed by atoms with Crippen LogP contribution in [0.25, 0.3) is 0 Å². The molecule has 4 nitrogen and oxygen atoms in total. The molecule has 1 heterocycles. The number of carbonyl (C=O) groups is 1. The molecule has 1 rings (SSSR count). The highest BCUT2D eigenvalue weighted by atomic mass is 127. The Bertz CT molecular complexity index is 300. The summed E-state index contributed by atoms with van der Waals surface area (Å²) in [5, 5.41) is 2.53. The number of halogens is 1. The molecule has 0 unspecified atom stereocenters. The summed E-state index contributed by atoms with van der Waals surface area (Å²) in [5.41, 5.74) is 0. The second kappa shape index (κ2) is 5.79. The number of hydrogen-bond acceptors (Lipinski definition) is 3. The SMILES string of the molecule is CCCOC(=O)Nc1ccc(I)cn1. The van der Waals surface area contributed by atoms with Crippen LogP contribution in [0.4, 0.5) is 10.6 Å². The van der Waals surface area contributed by atoms with Gasteiger partial charge < -0.3 is 4.74 Å². The van der Waals surface area contributed by atoms with Crippen LogP contribution in [0.3, 0.4) is 0 Å². The molecule has 0 atom stereocenters. The van der Waals surface area contributed by atoms with Gasteiger partial charge in [0.1, 0.15) is 5.82 Å². The number of aromatic nitrogens is 1. The molecule has 0 aliphatic carbocycles. The van der Waals surface area contributed by atoms with E-state index >= 15 is 0 Å². The van der Waals surface area contributed by atoms with Crippen molar-refractivity contribution in [3.05, 3.63) is 21.9 Å². The molecule has 0 bridgehead atoms. The first kappa shape index (κ1) is 11.2. The van der Waals surface area contributed by atoms with E-state index in [0.29, 0.717) is 12.4 Å². The van der Waals surface area contributed by atoms with Crippen LogP contribution in [-0.2, 0) is 4.74 Å². The predicted octanol–water partition coefficient (Wildman–Crippen LogP) is 2.64. The summed E-state index contributed by atoms with van der Waals surface area (Å²) in [4.78, 5) is 15.1. The number of anilines is 1. The van der Waals surface area contributed by atoms with Crippen LogP contribution in [-0.4, -0.2) is 17.7 Å². The van der Waals surface area contributed by atoms with E-state index in [0.717, 1.165) is 9.99 Å². The smallest absolute Gasteiger partial charge is 0.412 e. The molecule has 1 N–H and O–H groups in total. The number of nitrogens with one attached hydrogen (secondary N) is 1. The molecule has 0 saturated heterocycles. The zero-order valence-electron chi connectivity index (χ0n) is 7.79. The Morgan fingerprint density at radius 3 is 3.00 bits per heavy atom. The maximum absolute atomic E-state index is 11.1. The third-order valence-corrected chi connectivity index (χ3v) is 2.03. The Balaban J connectivity index is 2.44. The Hall–Kier alpha value is -0.850. The summed E-state index contributed by atoms with van der Waals surface area (Å²) >= 11 is 2.15. The van der Waals surface area contributed by atoms with E-state index in [1.165, 1.54) is 0 Å². The topological polar surface area (TPSA) is 51.2 Å². The fourth-order valence-corrected chi connectivity index (χ4v) is 1.10. The first-order chi connectivity index (χ1) is 6.72. The van der Waals surface area contributed by atoms with E-state index in [-0.39, 0.29) is 0 Å². The maximum atomic E-state index is 11.1. The quantitative estimate of drug-likeness (QED) is 0.874. The van der Waals surface area contributed by atoms with Crippen LogP contribution >= 0.6 is 22.6 Å². The van der Waals surface area contributed by atoms with Gasteiger partial charge in [0.15, 0.2) is 0 Å². The van der Waals surface area contributed by atoms with Gasteiger partial charge in [0.25, 0.3) is 0 Å². The average Bonchev–Trinajstić information content (AvgIpc) is 2.18. The Morgan fingerprint density at radius 2 is 2.43 bits per heavy atom. The first-order valence-electron chi connectivity index (χ1n) is 4.27. The standard InChI is InChI=1S/C9H11IN2O2/c1-2-5-14-9(13)12-8-4-3-7(10)6-11-8/h3-4,6H,2,5H2,1H3,(H,11,12,13). The molecule has 0 saturated carbocycles. The zero-order valence-corrected chi connectivity index (χ0v) is 9.95. The van der Waals surface area contributed by atoms with E-state index in [1.54, 1.807) is 12.3 Å². The number of rotatable bonds is 3. The number of amides is 1. The third kappa shape index (κ3) is 3.91. The Morgan fingerprint density at radius 1 is 1.64 bits per heavy atom. The first-order valence-corrected chi connectivity index (χ1v) is 5.35. The van der Waals surface area contributed by atoms with Crippen molar-refractivity contribution < 1.29 is 9.53 Å². The van der Waals surface area contributed by atoms with Crippen LogP contribution in [0.5, 0.6) is 0 Å². The van der Waals surface area contributed by atoms with Crippen molar-refractivity contribution in [3.63, 3.8) is 0 Å². The van der Waals surface area contributed by atoms with E-state index in [2.05, 4.69) is 32.9 Å². The van der Waals surface area contributed by atoms with Crippen LogP contribution < -0.4 is 5.32 Å². The van der Waals surface area contributed by atoms with Gasteiger partial charge in [-0.3, -0.25) is 5.32 Å². The lowest BCUT2D eigenvalue weighted by atomic mass is 10.5. The van der Waals surface area contributed by atoms with Gasteiger partial charge in [-0.1, -0.05) is 6.92 Å². The second-order valence-electron chi connectivity index (χ2n) is 2.62. The van der Waals surface area contributed by atoms with Gasteiger partial charge in [0, 0.05) is 9.77 Å². The third-order valence-electron chi connectivity index (χ3n) is 1.39. The van der Waals surface area contributed by atoms with Crippen LogP contribution in [0.15, 0.2) is 18.3 Å². The van der Waals surface area contributed by atoms with Crippen molar-refractivity contribution in [3.8, 4) is 0 Å². The van der Waals surface area contributed by atoms with E-state index in [9.17, 15) is 4.79 Å². The maximum Gasteiger partial charge on any atom is 0.412 e. The second-order valence-corrected chi connectivity index (χ2v) is 3.87. The van der Waals surface area contributed by atoms with E-state index in [4.69, 9.17) is 4.74 Å². The highest BCUT2D eigenvalue weighted by Gasteiger charge is 2.02. The minimum Gasteiger partial charge on any atom is -0.449 e. The van der Waals surface area contributed by atoms with Crippen molar-refractivity contribution in [2.24, 2.45) is 0 Å². The molecule has 1 amide bonds. The molecule has 14 heavy (non-hydrogen) atoms. The van der Waals surface area contributed by atoms with E-state index in [1.807, 2.05) is 13.0 Å². The lowest BCUT2D eigenvalue weighted by Crippen LogP contribution is -2.14. The summed E-state index contributed by atoms with van der Waals surface area (Å²) < 4.78 is 5.86. The zero-order chi connectivity index (χ0) is 10.4. The fraction of sp³-hybridized carbons (Fsp3) is 0.333. The number of carbonyl (C=O) groups excluding carboxylic acids is 1. The highest BCUT2D eigenvalue weighted by Crippen LogP contribution is 2.07. The molecule has 5 heteroatoms. The number of pyridine rings is 1. The summed E-state index contributed by atoms with van der Waals surface area (Å²) in [7, 11) is 0. The van der Waals surface area contributed by atoms with Gasteiger partial charge in [0.05, 0.1) is 6.61 Å². The summed E-state index contributed by atoms with van der Waals surface area (Å²) in [5.74, 6) is 0.506. The molecule has 0 spiro atoms. The highest BCUT2D eigenvalue weighted by molar-refractivity contribution is 14.1. The molecule has 0 aliphatic rings. The largest absolute Gasteiger partial charge is 0.449 e. The average molecular weight is 306 g/mol. The van der Waals surface area contributed by atoms with Gasteiger partial charge in [-0.05, 0) is 41.1 Å². The predicted molar refractivity (Wildman–Crippen MR) is 62.2 cm³/mol.